The standard InChI is InChI=1S/C14H13BrClNO/c15-13-7-12(16)5-6-14(13)18-9-11-4-2-1-3-10(11)8-17/h1-7H,8-9,17H2. The van der Waals surface area contributed by atoms with Crippen molar-refractivity contribution in [1.29, 1.82) is 0 Å². The molecule has 0 spiro atoms. The van der Waals surface area contributed by atoms with Crippen LogP contribution in [0.3, 0.4) is 0 Å². The quantitative estimate of drug-likeness (QED) is 0.916. The maximum atomic E-state index is 5.88. The van der Waals surface area contributed by atoms with Crippen molar-refractivity contribution in [2.45, 2.75) is 13.2 Å². The van der Waals surface area contributed by atoms with Crippen LogP contribution in [0.25, 0.3) is 0 Å². The molecule has 2 aromatic carbocycles. The topological polar surface area (TPSA) is 35.2 Å². The van der Waals surface area contributed by atoms with Crippen molar-refractivity contribution in [3.8, 4) is 5.75 Å². The molecule has 0 aliphatic carbocycles. The zero-order valence-electron chi connectivity index (χ0n) is 9.70. The Morgan fingerprint density at radius 1 is 1.11 bits per heavy atom. The number of hydrogen-bond donors (Lipinski definition) is 1. The molecule has 0 saturated carbocycles. The van der Waals surface area contributed by atoms with Gasteiger partial charge in [0.15, 0.2) is 0 Å². The third-order valence-corrected chi connectivity index (χ3v) is 3.47. The van der Waals surface area contributed by atoms with E-state index in [0.29, 0.717) is 18.2 Å². The van der Waals surface area contributed by atoms with Crippen molar-refractivity contribution in [2.24, 2.45) is 5.73 Å². The molecule has 0 atom stereocenters. The monoisotopic (exact) mass is 325 g/mol. The van der Waals surface area contributed by atoms with Crippen molar-refractivity contribution in [3.63, 3.8) is 0 Å². The summed E-state index contributed by atoms with van der Waals surface area (Å²) in [6, 6.07) is 13.4. The molecule has 4 heteroatoms. The Morgan fingerprint density at radius 2 is 1.83 bits per heavy atom. The molecule has 0 heterocycles. The van der Waals surface area contributed by atoms with Crippen LogP contribution >= 0.6 is 27.5 Å². The van der Waals surface area contributed by atoms with Gasteiger partial charge in [-0.2, -0.15) is 0 Å². The minimum Gasteiger partial charge on any atom is -0.488 e. The van der Waals surface area contributed by atoms with Crippen LogP contribution in [0.5, 0.6) is 5.75 Å². The Labute approximate surface area is 120 Å². The fourth-order valence-electron chi connectivity index (χ4n) is 1.65. The Balaban J connectivity index is 2.11. The maximum absolute atomic E-state index is 5.88. The molecule has 0 aromatic heterocycles. The second kappa shape index (κ2) is 6.23. The van der Waals surface area contributed by atoms with E-state index in [-0.39, 0.29) is 0 Å². The number of hydrogen-bond acceptors (Lipinski definition) is 2. The van der Waals surface area contributed by atoms with Gasteiger partial charge in [-0.1, -0.05) is 35.9 Å². The lowest BCUT2D eigenvalue weighted by Gasteiger charge is -2.11. The molecule has 2 nitrogen and oxygen atoms in total. The van der Waals surface area contributed by atoms with Gasteiger partial charge in [-0.25, -0.2) is 0 Å². The first kappa shape index (κ1) is 13.4. The number of nitrogens with two attached hydrogens (primary N) is 1. The van der Waals surface area contributed by atoms with E-state index in [1.807, 2.05) is 36.4 Å². The highest BCUT2D eigenvalue weighted by Gasteiger charge is 2.04. The summed E-state index contributed by atoms with van der Waals surface area (Å²) in [5, 5.41) is 0.677. The van der Waals surface area contributed by atoms with Gasteiger partial charge in [0.25, 0.3) is 0 Å². The van der Waals surface area contributed by atoms with Crippen molar-refractivity contribution in [2.75, 3.05) is 0 Å². The van der Waals surface area contributed by atoms with Gasteiger partial charge in [-0.15, -0.1) is 0 Å². The van der Waals surface area contributed by atoms with Gasteiger partial charge in [0.2, 0.25) is 0 Å². The summed E-state index contributed by atoms with van der Waals surface area (Å²) in [4.78, 5) is 0. The van der Waals surface area contributed by atoms with Crippen molar-refractivity contribution in [1.82, 2.24) is 0 Å². The zero-order chi connectivity index (χ0) is 13.0. The average molecular weight is 327 g/mol. The molecule has 0 fully saturated rings. The fourth-order valence-corrected chi connectivity index (χ4v) is 2.44. The number of ether oxygens (including phenoxy) is 1. The van der Waals surface area contributed by atoms with E-state index >= 15 is 0 Å². The van der Waals surface area contributed by atoms with E-state index in [4.69, 9.17) is 22.1 Å². The Kier molecular flexibility index (Phi) is 4.64. The molecular weight excluding hydrogens is 314 g/mol. The first-order valence-corrected chi connectivity index (χ1v) is 6.72. The molecule has 2 N–H and O–H groups in total. The summed E-state index contributed by atoms with van der Waals surface area (Å²) in [7, 11) is 0. The summed E-state index contributed by atoms with van der Waals surface area (Å²) in [5.41, 5.74) is 7.89. The predicted octanol–water partition coefficient (Wildman–Crippen LogP) is 4.14. The molecule has 94 valence electrons. The summed E-state index contributed by atoms with van der Waals surface area (Å²) in [5.74, 6) is 0.770. The van der Waals surface area contributed by atoms with Crippen LogP contribution in [0, 0.1) is 0 Å². The first-order valence-electron chi connectivity index (χ1n) is 5.55. The van der Waals surface area contributed by atoms with Crippen LogP contribution in [0.2, 0.25) is 5.02 Å². The lowest BCUT2D eigenvalue weighted by molar-refractivity contribution is 0.303. The molecule has 2 rings (SSSR count). The van der Waals surface area contributed by atoms with Gasteiger partial charge < -0.3 is 10.5 Å². The van der Waals surface area contributed by atoms with Gasteiger partial charge in [0.05, 0.1) is 4.47 Å². The minimum absolute atomic E-state index is 0.494. The molecule has 0 aliphatic heterocycles. The molecular formula is C14H13BrClNO. The van der Waals surface area contributed by atoms with E-state index in [9.17, 15) is 0 Å². The summed E-state index contributed by atoms with van der Waals surface area (Å²) >= 11 is 9.30. The second-order valence-corrected chi connectivity index (χ2v) is 5.13. The molecule has 0 unspecified atom stereocenters. The van der Waals surface area contributed by atoms with Crippen LogP contribution in [-0.2, 0) is 13.2 Å². The smallest absolute Gasteiger partial charge is 0.134 e. The van der Waals surface area contributed by atoms with Crippen molar-refractivity contribution >= 4 is 27.5 Å². The highest BCUT2D eigenvalue weighted by molar-refractivity contribution is 9.10. The predicted molar refractivity (Wildman–Crippen MR) is 77.8 cm³/mol. The Morgan fingerprint density at radius 3 is 2.50 bits per heavy atom. The molecule has 18 heavy (non-hydrogen) atoms. The Bertz CT molecular complexity index is 545. The van der Waals surface area contributed by atoms with Gasteiger partial charge in [0.1, 0.15) is 12.4 Å². The van der Waals surface area contributed by atoms with E-state index in [2.05, 4.69) is 15.9 Å². The van der Waals surface area contributed by atoms with Gasteiger partial charge >= 0.3 is 0 Å². The molecule has 0 amide bonds. The summed E-state index contributed by atoms with van der Waals surface area (Å²) in [6.45, 7) is 1.01. The fraction of sp³-hybridized carbons (Fsp3) is 0.143. The summed E-state index contributed by atoms with van der Waals surface area (Å²) in [6.07, 6.45) is 0. The largest absolute Gasteiger partial charge is 0.488 e. The van der Waals surface area contributed by atoms with E-state index in [0.717, 1.165) is 21.3 Å². The maximum Gasteiger partial charge on any atom is 0.134 e. The highest BCUT2D eigenvalue weighted by Crippen LogP contribution is 2.28. The van der Waals surface area contributed by atoms with Crippen LogP contribution in [0.1, 0.15) is 11.1 Å². The average Bonchev–Trinajstić information content (AvgIpc) is 2.38. The lowest BCUT2D eigenvalue weighted by atomic mass is 10.1. The van der Waals surface area contributed by atoms with E-state index in [1.165, 1.54) is 0 Å². The zero-order valence-corrected chi connectivity index (χ0v) is 12.0. The van der Waals surface area contributed by atoms with Crippen LogP contribution < -0.4 is 10.5 Å². The highest BCUT2D eigenvalue weighted by atomic mass is 79.9. The minimum atomic E-state index is 0.494. The third kappa shape index (κ3) is 3.25. The number of rotatable bonds is 4. The van der Waals surface area contributed by atoms with E-state index in [1.54, 1.807) is 6.07 Å². The lowest BCUT2D eigenvalue weighted by Crippen LogP contribution is -2.04. The molecule has 0 aliphatic rings. The van der Waals surface area contributed by atoms with Gasteiger partial charge in [0, 0.05) is 11.6 Å². The molecule has 0 saturated heterocycles. The van der Waals surface area contributed by atoms with E-state index < -0.39 is 0 Å². The SMILES string of the molecule is NCc1ccccc1COc1ccc(Cl)cc1Br. The van der Waals surface area contributed by atoms with Crippen LogP contribution in [0.15, 0.2) is 46.9 Å². The van der Waals surface area contributed by atoms with Crippen LogP contribution in [0.4, 0.5) is 0 Å². The second-order valence-electron chi connectivity index (χ2n) is 3.84. The van der Waals surface area contributed by atoms with Crippen LogP contribution in [-0.4, -0.2) is 0 Å². The summed E-state index contributed by atoms with van der Waals surface area (Å²) < 4.78 is 6.61. The van der Waals surface area contributed by atoms with Gasteiger partial charge in [-0.05, 0) is 45.3 Å². The normalized spacial score (nSPS) is 10.4. The molecule has 0 bridgehead atoms. The number of benzene rings is 2. The number of halogens is 2. The third-order valence-electron chi connectivity index (χ3n) is 2.62. The molecule has 2 aromatic rings. The Hall–Kier alpha value is -1.03. The molecule has 0 radical (unpaired) electrons. The van der Waals surface area contributed by atoms with Gasteiger partial charge in [-0.3, -0.25) is 0 Å². The first-order chi connectivity index (χ1) is 8.70. The van der Waals surface area contributed by atoms with Crippen molar-refractivity contribution in [3.05, 3.63) is 63.1 Å². The van der Waals surface area contributed by atoms with Crippen molar-refractivity contribution < 1.29 is 4.74 Å².